The van der Waals surface area contributed by atoms with Gasteiger partial charge < -0.3 is 15.7 Å². The van der Waals surface area contributed by atoms with Crippen molar-refractivity contribution >= 4 is 5.91 Å². The van der Waals surface area contributed by atoms with E-state index in [2.05, 4.69) is 5.32 Å². The number of likely N-dealkylation sites (N-methyl/N-ethyl adjacent to an activating group) is 1. The number of hydrogen-bond acceptors (Lipinski definition) is 3. The summed E-state index contributed by atoms with van der Waals surface area (Å²) in [6.45, 7) is 1.45. The van der Waals surface area contributed by atoms with E-state index in [9.17, 15) is 18.0 Å². The summed E-state index contributed by atoms with van der Waals surface area (Å²) in [6.07, 6.45) is -7.20. The molecule has 0 spiro atoms. The Labute approximate surface area is 79.5 Å². The molecule has 4 nitrogen and oxygen atoms in total. The minimum absolute atomic E-state index is 0.0545. The lowest BCUT2D eigenvalue weighted by molar-refractivity contribution is -0.201. The van der Waals surface area contributed by atoms with E-state index in [1.54, 1.807) is 6.92 Å². The zero-order valence-electron chi connectivity index (χ0n) is 7.69. The molecule has 0 saturated heterocycles. The highest BCUT2D eigenvalue weighted by Crippen LogP contribution is 2.18. The Morgan fingerprint density at radius 1 is 1.50 bits per heavy atom. The van der Waals surface area contributed by atoms with Crippen molar-refractivity contribution in [3.05, 3.63) is 0 Å². The fraction of sp³-hybridized carbons (Fsp3) is 0.857. The molecular formula is C7H13F3N2O2. The Kier molecular flexibility index (Phi) is 5.47. The largest absolute Gasteiger partial charge is 0.416 e. The highest BCUT2D eigenvalue weighted by Gasteiger charge is 2.38. The topological polar surface area (TPSA) is 61.4 Å². The highest BCUT2D eigenvalue weighted by molar-refractivity contribution is 5.77. The van der Waals surface area contributed by atoms with E-state index in [0.29, 0.717) is 6.54 Å². The molecule has 0 rings (SSSR count). The quantitative estimate of drug-likeness (QED) is 0.585. The third-order valence-electron chi connectivity index (χ3n) is 1.41. The van der Waals surface area contributed by atoms with Crippen LogP contribution in [0.3, 0.4) is 0 Å². The zero-order valence-corrected chi connectivity index (χ0v) is 7.69. The average molecular weight is 214 g/mol. The summed E-state index contributed by atoms with van der Waals surface area (Å²) in [7, 11) is 0. The van der Waals surface area contributed by atoms with Crippen molar-refractivity contribution in [1.82, 2.24) is 10.6 Å². The van der Waals surface area contributed by atoms with E-state index in [-0.39, 0.29) is 6.54 Å². The minimum atomic E-state index is -4.69. The first-order valence-corrected chi connectivity index (χ1v) is 4.10. The summed E-state index contributed by atoms with van der Waals surface area (Å²) in [6, 6.07) is 0. The monoisotopic (exact) mass is 214 g/mol. The molecule has 0 aliphatic heterocycles. The molecule has 0 aromatic carbocycles. The van der Waals surface area contributed by atoms with Gasteiger partial charge in [-0.2, -0.15) is 13.2 Å². The molecule has 0 heterocycles. The molecule has 0 fully saturated rings. The molecule has 14 heavy (non-hydrogen) atoms. The fourth-order valence-electron chi connectivity index (χ4n) is 0.627. The van der Waals surface area contributed by atoms with Crippen LogP contribution in [-0.4, -0.2) is 42.9 Å². The molecule has 7 heteroatoms. The van der Waals surface area contributed by atoms with Gasteiger partial charge in [0.15, 0.2) is 6.10 Å². The predicted octanol–water partition coefficient (Wildman–Crippen LogP) is -0.365. The van der Waals surface area contributed by atoms with Gasteiger partial charge in [-0.15, -0.1) is 0 Å². The lowest BCUT2D eigenvalue weighted by Gasteiger charge is -2.14. The summed E-state index contributed by atoms with van der Waals surface area (Å²) in [5.41, 5.74) is 0. The van der Waals surface area contributed by atoms with Crippen molar-refractivity contribution in [3.63, 3.8) is 0 Å². The van der Waals surface area contributed by atoms with Gasteiger partial charge in [0.2, 0.25) is 5.91 Å². The number of nitrogens with one attached hydrogen (secondary N) is 2. The Hall–Kier alpha value is -0.820. The van der Waals surface area contributed by atoms with Crippen LogP contribution < -0.4 is 10.6 Å². The van der Waals surface area contributed by atoms with Crippen LogP contribution in [0.15, 0.2) is 0 Å². The van der Waals surface area contributed by atoms with Crippen molar-refractivity contribution < 1.29 is 23.1 Å². The highest BCUT2D eigenvalue weighted by atomic mass is 19.4. The van der Waals surface area contributed by atoms with Crippen molar-refractivity contribution in [3.8, 4) is 0 Å². The van der Waals surface area contributed by atoms with Crippen molar-refractivity contribution in [2.75, 3.05) is 19.6 Å². The molecule has 0 radical (unpaired) electrons. The van der Waals surface area contributed by atoms with Crippen molar-refractivity contribution in [2.45, 2.75) is 19.2 Å². The van der Waals surface area contributed by atoms with Gasteiger partial charge in [-0.3, -0.25) is 4.79 Å². The molecule has 3 N–H and O–H groups in total. The third kappa shape index (κ3) is 5.76. The smallest absolute Gasteiger partial charge is 0.382 e. The number of aliphatic hydroxyl groups excluding tert-OH is 1. The van der Waals surface area contributed by atoms with Gasteiger partial charge in [0.25, 0.3) is 0 Å². The standard InChI is InChI=1S/C7H13F3N2O2/c1-2-11-4-6(14)12-3-5(13)7(8,9)10/h5,11,13H,2-4H2,1H3,(H,12,14). The molecule has 0 saturated carbocycles. The molecule has 1 amide bonds. The fourth-order valence-corrected chi connectivity index (χ4v) is 0.627. The average Bonchev–Trinajstić information content (AvgIpc) is 2.09. The number of alkyl halides is 3. The van der Waals surface area contributed by atoms with E-state index in [0.717, 1.165) is 0 Å². The summed E-state index contributed by atoms with van der Waals surface area (Å²) in [5.74, 6) is -0.574. The minimum Gasteiger partial charge on any atom is -0.382 e. The number of hydrogen-bond donors (Lipinski definition) is 3. The second-order valence-electron chi connectivity index (χ2n) is 2.64. The maximum absolute atomic E-state index is 11.7. The van der Waals surface area contributed by atoms with Crippen LogP contribution in [0, 0.1) is 0 Å². The first-order valence-electron chi connectivity index (χ1n) is 4.10. The SMILES string of the molecule is CCNCC(=O)NCC(O)C(F)(F)F. The Bertz CT molecular complexity index is 184. The Morgan fingerprint density at radius 3 is 2.50 bits per heavy atom. The van der Waals surface area contributed by atoms with Gasteiger partial charge in [0.1, 0.15) is 0 Å². The number of halogens is 3. The molecule has 84 valence electrons. The predicted molar refractivity (Wildman–Crippen MR) is 43.6 cm³/mol. The molecular weight excluding hydrogens is 201 g/mol. The summed E-state index contributed by atoms with van der Waals surface area (Å²) in [4.78, 5) is 10.8. The van der Waals surface area contributed by atoms with E-state index < -0.39 is 24.7 Å². The number of aliphatic hydroxyl groups is 1. The van der Waals surface area contributed by atoms with Crippen LogP contribution in [0.5, 0.6) is 0 Å². The van der Waals surface area contributed by atoms with E-state index in [4.69, 9.17) is 5.11 Å². The van der Waals surface area contributed by atoms with Crippen LogP contribution in [-0.2, 0) is 4.79 Å². The van der Waals surface area contributed by atoms with Gasteiger partial charge in [-0.25, -0.2) is 0 Å². The lowest BCUT2D eigenvalue weighted by atomic mass is 10.3. The molecule has 0 bridgehead atoms. The van der Waals surface area contributed by atoms with Gasteiger partial charge >= 0.3 is 6.18 Å². The first-order chi connectivity index (χ1) is 6.38. The lowest BCUT2D eigenvalue weighted by Crippen LogP contribution is -2.43. The van der Waals surface area contributed by atoms with E-state index in [1.807, 2.05) is 5.32 Å². The van der Waals surface area contributed by atoms with Crippen LogP contribution in [0.25, 0.3) is 0 Å². The van der Waals surface area contributed by atoms with Crippen molar-refractivity contribution in [1.29, 1.82) is 0 Å². The van der Waals surface area contributed by atoms with Crippen LogP contribution in [0.2, 0.25) is 0 Å². The van der Waals surface area contributed by atoms with Gasteiger partial charge in [-0.1, -0.05) is 6.92 Å². The normalized spacial score (nSPS) is 13.8. The van der Waals surface area contributed by atoms with Crippen LogP contribution >= 0.6 is 0 Å². The van der Waals surface area contributed by atoms with E-state index in [1.165, 1.54) is 0 Å². The van der Waals surface area contributed by atoms with Crippen LogP contribution in [0.4, 0.5) is 13.2 Å². The second kappa shape index (κ2) is 5.82. The Balaban J connectivity index is 3.67. The maximum atomic E-state index is 11.7. The number of carbonyl (C=O) groups excluding carboxylic acids is 1. The number of rotatable bonds is 5. The second-order valence-corrected chi connectivity index (χ2v) is 2.64. The molecule has 0 aromatic heterocycles. The Morgan fingerprint density at radius 2 is 2.07 bits per heavy atom. The number of amides is 1. The van der Waals surface area contributed by atoms with Crippen LogP contribution in [0.1, 0.15) is 6.92 Å². The summed E-state index contributed by atoms with van der Waals surface area (Å²) in [5, 5.41) is 13.1. The summed E-state index contributed by atoms with van der Waals surface area (Å²) >= 11 is 0. The molecule has 1 unspecified atom stereocenters. The molecule has 0 aliphatic rings. The van der Waals surface area contributed by atoms with Crippen molar-refractivity contribution in [2.24, 2.45) is 0 Å². The molecule has 0 aromatic rings. The number of carbonyl (C=O) groups is 1. The molecule has 1 atom stereocenters. The zero-order chi connectivity index (χ0) is 11.2. The van der Waals surface area contributed by atoms with Gasteiger partial charge in [0, 0.05) is 0 Å². The first kappa shape index (κ1) is 13.2. The third-order valence-corrected chi connectivity index (χ3v) is 1.41. The molecule has 0 aliphatic carbocycles. The maximum Gasteiger partial charge on any atom is 0.416 e. The van der Waals surface area contributed by atoms with Gasteiger partial charge in [0.05, 0.1) is 13.1 Å². The van der Waals surface area contributed by atoms with E-state index >= 15 is 0 Å². The summed E-state index contributed by atoms with van der Waals surface area (Å²) < 4.78 is 35.2. The van der Waals surface area contributed by atoms with Gasteiger partial charge in [-0.05, 0) is 6.54 Å².